The zero-order valence-electron chi connectivity index (χ0n) is 11.5. The summed E-state index contributed by atoms with van der Waals surface area (Å²) in [7, 11) is -3.85. The number of hydrogen-bond donors (Lipinski definition) is 2. The Morgan fingerprint density at radius 2 is 2.14 bits per heavy atom. The number of nitrogens with one attached hydrogen (secondary N) is 1. The predicted molar refractivity (Wildman–Crippen MR) is 77.3 cm³/mol. The van der Waals surface area contributed by atoms with Gasteiger partial charge in [0.25, 0.3) is 5.69 Å². The van der Waals surface area contributed by atoms with E-state index in [1.807, 2.05) is 6.92 Å². The molecular weight excluding hydrogens is 298 g/mol. The van der Waals surface area contributed by atoms with Crippen LogP contribution < -0.4 is 4.72 Å². The van der Waals surface area contributed by atoms with Crippen LogP contribution in [0.4, 0.5) is 11.4 Å². The summed E-state index contributed by atoms with van der Waals surface area (Å²) < 4.78 is 28.2. The van der Waals surface area contributed by atoms with Crippen molar-refractivity contribution in [2.24, 2.45) is 0 Å². The Kier molecular flexibility index (Phi) is 4.33. The van der Waals surface area contributed by atoms with Crippen LogP contribution in [-0.4, -0.2) is 35.3 Å². The fourth-order valence-electron chi connectivity index (χ4n) is 2.35. The summed E-state index contributed by atoms with van der Waals surface area (Å²) in [6, 6.07) is 3.06. The quantitative estimate of drug-likeness (QED) is 0.500. The van der Waals surface area contributed by atoms with Gasteiger partial charge in [0.2, 0.25) is 0 Å². The van der Waals surface area contributed by atoms with Crippen LogP contribution in [0.15, 0.2) is 18.2 Å². The molecule has 0 aliphatic carbocycles. The van der Waals surface area contributed by atoms with Crippen LogP contribution in [0.3, 0.4) is 0 Å². The lowest BCUT2D eigenvalue weighted by Crippen LogP contribution is -2.44. The lowest BCUT2D eigenvalue weighted by molar-refractivity contribution is -0.384. The standard InChI is InChI=1S/C12H17N3O5S/c1-9-4-2-3-7-14(9)21(19,20)13-11-8-10(15(17)18)5-6-12(11)16/h5-6,8-9,13,16H,2-4,7H2,1H3. The molecule has 1 aromatic carbocycles. The summed E-state index contributed by atoms with van der Waals surface area (Å²) >= 11 is 0. The fraction of sp³-hybridized carbons (Fsp3) is 0.500. The van der Waals surface area contributed by atoms with Gasteiger partial charge in [-0.25, -0.2) is 0 Å². The first-order chi connectivity index (χ1) is 9.81. The first-order valence-corrected chi connectivity index (χ1v) is 8.02. The average molecular weight is 315 g/mol. The molecule has 1 aliphatic rings. The second-order valence-corrected chi connectivity index (χ2v) is 6.64. The fourth-order valence-corrected chi connectivity index (χ4v) is 3.85. The van der Waals surface area contributed by atoms with Gasteiger partial charge in [-0.15, -0.1) is 0 Å². The van der Waals surface area contributed by atoms with Gasteiger partial charge in [0.15, 0.2) is 0 Å². The number of nitrogens with zero attached hydrogens (tertiary/aromatic N) is 2. The Morgan fingerprint density at radius 3 is 2.76 bits per heavy atom. The topological polar surface area (TPSA) is 113 Å². The van der Waals surface area contributed by atoms with E-state index in [-0.39, 0.29) is 23.2 Å². The summed E-state index contributed by atoms with van der Waals surface area (Å²) in [5.41, 5.74) is -0.487. The van der Waals surface area contributed by atoms with Gasteiger partial charge in [0.05, 0.1) is 10.6 Å². The second-order valence-electron chi connectivity index (χ2n) is 5.02. The van der Waals surface area contributed by atoms with E-state index in [2.05, 4.69) is 4.72 Å². The van der Waals surface area contributed by atoms with Gasteiger partial charge < -0.3 is 5.11 Å². The molecule has 116 valence electrons. The van der Waals surface area contributed by atoms with E-state index in [0.717, 1.165) is 37.5 Å². The monoisotopic (exact) mass is 315 g/mol. The molecule has 9 heteroatoms. The first-order valence-electron chi connectivity index (χ1n) is 6.58. The van der Waals surface area contributed by atoms with Crippen LogP contribution >= 0.6 is 0 Å². The van der Waals surface area contributed by atoms with Gasteiger partial charge in [-0.05, 0) is 25.8 Å². The predicted octanol–water partition coefficient (Wildman–Crippen LogP) is 1.83. The average Bonchev–Trinajstić information content (AvgIpc) is 2.41. The van der Waals surface area contributed by atoms with Gasteiger partial charge in [0.1, 0.15) is 5.75 Å². The molecule has 0 bridgehead atoms. The third-order valence-electron chi connectivity index (χ3n) is 3.48. The first kappa shape index (κ1) is 15.5. The molecule has 1 saturated heterocycles. The van der Waals surface area contributed by atoms with Crippen LogP contribution in [0.25, 0.3) is 0 Å². The van der Waals surface area contributed by atoms with E-state index in [9.17, 15) is 23.6 Å². The molecule has 1 aromatic rings. The molecule has 1 unspecified atom stereocenters. The molecule has 0 aromatic heterocycles. The molecule has 1 fully saturated rings. The minimum absolute atomic E-state index is 0.142. The van der Waals surface area contributed by atoms with E-state index < -0.39 is 15.1 Å². The number of aromatic hydroxyl groups is 1. The van der Waals surface area contributed by atoms with Gasteiger partial charge >= 0.3 is 10.2 Å². The van der Waals surface area contributed by atoms with Gasteiger partial charge in [-0.3, -0.25) is 14.8 Å². The summed E-state index contributed by atoms with van der Waals surface area (Å²) in [6.45, 7) is 2.21. The van der Waals surface area contributed by atoms with Crippen LogP contribution in [0, 0.1) is 10.1 Å². The highest BCUT2D eigenvalue weighted by Gasteiger charge is 2.30. The molecule has 0 radical (unpaired) electrons. The van der Waals surface area contributed by atoms with Crippen LogP contribution in [0.5, 0.6) is 5.75 Å². The number of nitro groups is 1. The molecule has 2 rings (SSSR count). The summed E-state index contributed by atoms with van der Waals surface area (Å²) in [6.07, 6.45) is 2.50. The van der Waals surface area contributed by atoms with Crippen LogP contribution in [0.2, 0.25) is 0 Å². The van der Waals surface area contributed by atoms with Crippen molar-refractivity contribution in [2.45, 2.75) is 32.2 Å². The van der Waals surface area contributed by atoms with E-state index in [4.69, 9.17) is 0 Å². The smallest absolute Gasteiger partial charge is 0.302 e. The van der Waals surface area contributed by atoms with Crippen molar-refractivity contribution in [2.75, 3.05) is 11.3 Å². The lowest BCUT2D eigenvalue weighted by Gasteiger charge is -2.32. The van der Waals surface area contributed by atoms with Crippen molar-refractivity contribution in [1.82, 2.24) is 4.31 Å². The van der Waals surface area contributed by atoms with Crippen molar-refractivity contribution < 1.29 is 18.4 Å². The highest BCUT2D eigenvalue weighted by Crippen LogP contribution is 2.30. The number of piperidine rings is 1. The van der Waals surface area contributed by atoms with Crippen molar-refractivity contribution in [3.8, 4) is 5.75 Å². The van der Waals surface area contributed by atoms with Gasteiger partial charge in [-0.1, -0.05) is 6.42 Å². The van der Waals surface area contributed by atoms with Gasteiger partial charge in [-0.2, -0.15) is 12.7 Å². The molecular formula is C12H17N3O5S. The number of phenols is 1. The summed E-state index contributed by atoms with van der Waals surface area (Å²) in [5, 5.41) is 20.4. The van der Waals surface area contributed by atoms with E-state index >= 15 is 0 Å². The Morgan fingerprint density at radius 1 is 1.43 bits per heavy atom. The highest BCUT2D eigenvalue weighted by atomic mass is 32.2. The number of hydrogen-bond acceptors (Lipinski definition) is 5. The Bertz CT molecular complexity index is 646. The Hall–Kier alpha value is -1.87. The normalized spacial score (nSPS) is 20.1. The Balaban J connectivity index is 2.27. The van der Waals surface area contributed by atoms with Crippen molar-refractivity contribution >= 4 is 21.6 Å². The zero-order valence-corrected chi connectivity index (χ0v) is 12.3. The maximum absolute atomic E-state index is 12.3. The van der Waals surface area contributed by atoms with Crippen molar-refractivity contribution in [3.63, 3.8) is 0 Å². The molecule has 0 amide bonds. The molecule has 1 aliphatic heterocycles. The number of benzene rings is 1. The van der Waals surface area contributed by atoms with E-state index in [1.165, 1.54) is 4.31 Å². The maximum Gasteiger partial charge on any atom is 0.302 e. The third-order valence-corrected chi connectivity index (χ3v) is 5.12. The molecule has 21 heavy (non-hydrogen) atoms. The molecule has 1 heterocycles. The molecule has 0 spiro atoms. The third kappa shape index (κ3) is 3.42. The number of anilines is 1. The minimum atomic E-state index is -3.85. The number of rotatable bonds is 4. The number of nitro benzene ring substituents is 1. The van der Waals surface area contributed by atoms with Crippen LogP contribution in [0.1, 0.15) is 26.2 Å². The lowest BCUT2D eigenvalue weighted by atomic mass is 10.1. The molecule has 8 nitrogen and oxygen atoms in total. The van der Waals surface area contributed by atoms with Gasteiger partial charge in [0, 0.05) is 24.7 Å². The van der Waals surface area contributed by atoms with Crippen molar-refractivity contribution in [3.05, 3.63) is 28.3 Å². The number of phenolic OH excluding ortho intramolecular Hbond substituents is 1. The summed E-state index contributed by atoms with van der Waals surface area (Å²) in [5.74, 6) is -0.353. The van der Waals surface area contributed by atoms with Crippen LogP contribution in [-0.2, 0) is 10.2 Å². The zero-order chi connectivity index (χ0) is 15.6. The molecule has 1 atom stereocenters. The molecule has 2 N–H and O–H groups in total. The maximum atomic E-state index is 12.3. The molecule has 0 saturated carbocycles. The highest BCUT2D eigenvalue weighted by molar-refractivity contribution is 7.90. The number of non-ortho nitro benzene ring substituents is 1. The largest absolute Gasteiger partial charge is 0.506 e. The van der Waals surface area contributed by atoms with E-state index in [0.29, 0.717) is 6.54 Å². The second kappa shape index (κ2) is 5.86. The van der Waals surface area contributed by atoms with E-state index in [1.54, 1.807) is 0 Å². The summed E-state index contributed by atoms with van der Waals surface area (Å²) in [4.78, 5) is 10.1. The van der Waals surface area contributed by atoms with Crippen molar-refractivity contribution in [1.29, 1.82) is 0 Å². The minimum Gasteiger partial charge on any atom is -0.506 e. The Labute approximate surface area is 122 Å². The SMILES string of the molecule is CC1CCCCN1S(=O)(=O)Nc1cc([N+](=O)[O-])ccc1O.